The molecule has 11 heteroatoms. The van der Waals surface area contributed by atoms with Crippen LogP contribution < -0.4 is 10.9 Å². The van der Waals surface area contributed by atoms with Gasteiger partial charge in [0.05, 0.1) is 23.4 Å². The number of sulfonamides is 1. The molecule has 2 N–H and O–H groups in total. The van der Waals surface area contributed by atoms with Crippen LogP contribution in [0.15, 0.2) is 23.1 Å². The number of fused-ring (bicyclic) bond motifs is 1. The van der Waals surface area contributed by atoms with Crippen LogP contribution in [0.25, 0.3) is 11.0 Å². The number of aromatic nitrogens is 4. The topological polar surface area (TPSA) is 130 Å². The molecule has 4 rings (SSSR count). The van der Waals surface area contributed by atoms with Gasteiger partial charge in [0, 0.05) is 48.5 Å². The molecule has 188 valence electrons. The summed E-state index contributed by atoms with van der Waals surface area (Å²) in [5.41, 5.74) is 3.71. The van der Waals surface area contributed by atoms with Crippen molar-refractivity contribution in [3.63, 3.8) is 0 Å². The lowest BCUT2D eigenvalue weighted by Gasteiger charge is -2.30. The van der Waals surface area contributed by atoms with Crippen LogP contribution in [-0.2, 0) is 16.6 Å². The molecule has 35 heavy (non-hydrogen) atoms. The molecule has 0 aromatic carbocycles. The van der Waals surface area contributed by atoms with E-state index < -0.39 is 10.0 Å². The van der Waals surface area contributed by atoms with Gasteiger partial charge in [-0.2, -0.15) is 5.10 Å². The number of carbonyl (C=O) groups is 1. The van der Waals surface area contributed by atoms with E-state index in [4.69, 9.17) is 4.98 Å². The molecule has 0 saturated carbocycles. The van der Waals surface area contributed by atoms with Gasteiger partial charge in [0.1, 0.15) is 0 Å². The number of piperidine rings is 1. The van der Waals surface area contributed by atoms with Crippen molar-refractivity contribution in [2.24, 2.45) is 0 Å². The summed E-state index contributed by atoms with van der Waals surface area (Å²) in [6.07, 6.45) is 4.13. The number of pyridine rings is 2. The number of H-pyrrole nitrogens is 1. The van der Waals surface area contributed by atoms with Crippen molar-refractivity contribution >= 4 is 27.0 Å². The Balaban J connectivity index is 1.67. The number of aromatic amines is 1. The van der Waals surface area contributed by atoms with E-state index in [-0.39, 0.29) is 30.0 Å². The Kier molecular flexibility index (Phi) is 6.83. The third kappa shape index (κ3) is 5.15. The fraction of sp³-hybridized carbons (Fsp3) is 0.500. The van der Waals surface area contributed by atoms with Crippen LogP contribution in [0, 0.1) is 13.8 Å². The first kappa shape index (κ1) is 25.1. The lowest BCUT2D eigenvalue weighted by Crippen LogP contribution is -2.37. The van der Waals surface area contributed by atoms with Gasteiger partial charge in [-0.3, -0.25) is 9.59 Å². The van der Waals surface area contributed by atoms with Gasteiger partial charge in [-0.05, 0) is 58.2 Å². The quantitative estimate of drug-likeness (QED) is 0.535. The van der Waals surface area contributed by atoms with Gasteiger partial charge in [0.2, 0.25) is 10.0 Å². The second kappa shape index (κ2) is 9.54. The van der Waals surface area contributed by atoms with Crippen molar-refractivity contribution in [2.45, 2.75) is 59.0 Å². The molecule has 0 spiro atoms. The number of hydrogen-bond acceptors (Lipinski definition) is 6. The van der Waals surface area contributed by atoms with Gasteiger partial charge in [0.25, 0.3) is 11.5 Å². The average molecular weight is 501 g/mol. The number of amides is 1. The minimum absolute atomic E-state index is 0.0293. The summed E-state index contributed by atoms with van der Waals surface area (Å²) in [4.78, 5) is 33.4. The Morgan fingerprint density at radius 1 is 1.23 bits per heavy atom. The van der Waals surface area contributed by atoms with Crippen molar-refractivity contribution < 1.29 is 13.2 Å². The van der Waals surface area contributed by atoms with E-state index in [1.165, 1.54) is 10.6 Å². The zero-order valence-electron chi connectivity index (χ0n) is 20.8. The summed E-state index contributed by atoms with van der Waals surface area (Å²) < 4.78 is 27.1. The van der Waals surface area contributed by atoms with E-state index in [2.05, 4.69) is 15.4 Å². The van der Waals surface area contributed by atoms with Crippen molar-refractivity contribution in [1.82, 2.24) is 29.4 Å². The molecule has 3 aromatic heterocycles. The minimum Gasteiger partial charge on any atom is -0.348 e. The molecule has 1 aliphatic heterocycles. The number of rotatable bonds is 6. The molecule has 0 bridgehead atoms. The predicted molar refractivity (Wildman–Crippen MR) is 134 cm³/mol. The Morgan fingerprint density at radius 2 is 1.91 bits per heavy atom. The van der Waals surface area contributed by atoms with Gasteiger partial charge in [-0.1, -0.05) is 0 Å². The first-order valence-corrected chi connectivity index (χ1v) is 13.6. The summed E-state index contributed by atoms with van der Waals surface area (Å²) in [5.74, 6) is -0.281. The van der Waals surface area contributed by atoms with Crippen molar-refractivity contribution in [1.29, 1.82) is 0 Å². The van der Waals surface area contributed by atoms with Gasteiger partial charge >= 0.3 is 0 Å². The molecule has 10 nitrogen and oxygen atoms in total. The molecule has 0 unspecified atom stereocenters. The average Bonchev–Trinajstić information content (AvgIpc) is 3.21. The lowest BCUT2D eigenvalue weighted by molar-refractivity contribution is 0.0952. The molecule has 1 fully saturated rings. The maximum atomic E-state index is 13.3. The molecular weight excluding hydrogens is 468 g/mol. The highest BCUT2D eigenvalue weighted by atomic mass is 32.2. The highest BCUT2D eigenvalue weighted by Gasteiger charge is 2.28. The fourth-order valence-corrected chi connectivity index (χ4v) is 5.53. The van der Waals surface area contributed by atoms with Crippen molar-refractivity contribution in [3.05, 3.63) is 56.8 Å². The zero-order chi connectivity index (χ0) is 25.5. The Hall–Kier alpha value is -3.05. The summed E-state index contributed by atoms with van der Waals surface area (Å²) in [7, 11) is -3.23. The lowest BCUT2D eigenvalue weighted by atomic mass is 9.92. The second-order valence-corrected chi connectivity index (χ2v) is 11.6. The van der Waals surface area contributed by atoms with E-state index in [9.17, 15) is 18.0 Å². The minimum atomic E-state index is -3.23. The maximum absolute atomic E-state index is 13.3. The number of hydrogen-bond donors (Lipinski definition) is 2. The zero-order valence-corrected chi connectivity index (χ0v) is 21.6. The Labute approximate surface area is 204 Å². The van der Waals surface area contributed by atoms with Crippen LogP contribution in [0.4, 0.5) is 0 Å². The van der Waals surface area contributed by atoms with Gasteiger partial charge in [-0.15, -0.1) is 0 Å². The van der Waals surface area contributed by atoms with Crippen molar-refractivity contribution in [3.8, 4) is 0 Å². The van der Waals surface area contributed by atoms with E-state index in [1.807, 2.05) is 33.8 Å². The van der Waals surface area contributed by atoms with Crippen LogP contribution in [-0.4, -0.2) is 57.7 Å². The maximum Gasteiger partial charge on any atom is 0.253 e. The number of aryl methyl sites for hydroxylation is 2. The van der Waals surface area contributed by atoms with Gasteiger partial charge in [0.15, 0.2) is 5.65 Å². The SMILES string of the molecule is Cc1cc(C)c(CNC(=O)c2cc(C3CCN(S(C)(=O)=O)CC3)nc3c2cnn3C(C)C)c(=O)[nH]1. The highest BCUT2D eigenvalue weighted by Crippen LogP contribution is 2.31. The van der Waals surface area contributed by atoms with E-state index in [1.54, 1.807) is 16.9 Å². The first-order valence-electron chi connectivity index (χ1n) is 11.8. The number of nitrogens with zero attached hydrogens (tertiary/aromatic N) is 4. The molecule has 0 aliphatic carbocycles. The Bertz CT molecular complexity index is 1430. The highest BCUT2D eigenvalue weighted by molar-refractivity contribution is 7.88. The molecular formula is C24H32N6O4S. The molecule has 4 heterocycles. The van der Waals surface area contributed by atoms with Crippen LogP contribution in [0.1, 0.15) is 71.5 Å². The van der Waals surface area contributed by atoms with Crippen LogP contribution in [0.3, 0.4) is 0 Å². The summed E-state index contributed by atoms with van der Waals surface area (Å²) in [6.45, 7) is 8.60. The van der Waals surface area contributed by atoms with Gasteiger partial charge in [-0.25, -0.2) is 22.4 Å². The number of nitrogens with one attached hydrogen (secondary N) is 2. The molecule has 1 saturated heterocycles. The number of carbonyl (C=O) groups excluding carboxylic acids is 1. The van der Waals surface area contributed by atoms with E-state index in [0.29, 0.717) is 48.1 Å². The third-order valence-electron chi connectivity index (χ3n) is 6.58. The third-order valence-corrected chi connectivity index (χ3v) is 7.88. The monoisotopic (exact) mass is 500 g/mol. The standard InChI is InChI=1S/C24H32N6O4S/c1-14(2)30-22-20(13-26-30)18(23(31)25-12-19-15(3)10-16(4)27-24(19)32)11-21(28-22)17-6-8-29(9-7-17)35(5,33)34/h10-11,13-14,17H,6-9,12H2,1-5H3,(H,25,31)(H,27,32). The largest absolute Gasteiger partial charge is 0.348 e. The van der Waals surface area contributed by atoms with Crippen LogP contribution in [0.2, 0.25) is 0 Å². The summed E-state index contributed by atoms with van der Waals surface area (Å²) >= 11 is 0. The fourth-order valence-electron chi connectivity index (χ4n) is 4.66. The van der Waals surface area contributed by atoms with Gasteiger partial charge < -0.3 is 10.3 Å². The van der Waals surface area contributed by atoms with E-state index in [0.717, 1.165) is 17.0 Å². The molecule has 1 aliphatic rings. The normalized spacial score (nSPS) is 15.7. The first-order chi connectivity index (χ1) is 16.5. The second-order valence-electron chi connectivity index (χ2n) is 9.58. The van der Waals surface area contributed by atoms with E-state index >= 15 is 0 Å². The molecule has 3 aromatic rings. The predicted octanol–water partition coefficient (Wildman–Crippen LogP) is 2.39. The summed E-state index contributed by atoms with van der Waals surface area (Å²) in [6, 6.07) is 3.71. The van der Waals surface area contributed by atoms with Crippen LogP contribution in [0.5, 0.6) is 0 Å². The molecule has 0 atom stereocenters. The van der Waals surface area contributed by atoms with Crippen LogP contribution >= 0.6 is 0 Å². The Morgan fingerprint density at radius 3 is 2.51 bits per heavy atom. The molecule has 0 radical (unpaired) electrons. The summed E-state index contributed by atoms with van der Waals surface area (Å²) in [5, 5.41) is 7.99. The van der Waals surface area contributed by atoms with Crippen molar-refractivity contribution in [2.75, 3.05) is 19.3 Å². The molecule has 1 amide bonds. The smallest absolute Gasteiger partial charge is 0.253 e.